The molecule has 0 atom stereocenters. The number of aromatic nitrogens is 5. The summed E-state index contributed by atoms with van der Waals surface area (Å²) in [6.07, 6.45) is 0. The van der Waals surface area contributed by atoms with Crippen LogP contribution in [0.2, 0.25) is 0 Å². The van der Waals surface area contributed by atoms with Gasteiger partial charge in [0.2, 0.25) is 5.95 Å². The van der Waals surface area contributed by atoms with Gasteiger partial charge in [-0.25, -0.2) is 9.97 Å². The Morgan fingerprint density at radius 2 is 0.864 bits per heavy atom. The molecule has 0 N–H and O–H groups in total. The first-order chi connectivity index (χ1) is 29.3. The van der Waals surface area contributed by atoms with Crippen LogP contribution in [0.15, 0.2) is 200 Å². The lowest BCUT2D eigenvalue weighted by Gasteiger charge is -2.13. The standard InChI is InChI=1S/C54H33N5/c1-2-16-35(17-3-1)57-47-27-13-9-22-41(47)52-42(23-14-28-49(52)57)53-40-21-6-10-24-44(40)55-54(56-53)59-48-32-30-36(33-43(48)51-37-18-5-4-15-34(37)29-31-50(51)59)58-45-25-11-7-19-38(45)39-20-8-12-26-46(39)58/h1-33H. The molecule has 0 amide bonds. The first-order valence-electron chi connectivity index (χ1n) is 20.1. The molecule has 5 nitrogen and oxygen atoms in total. The van der Waals surface area contributed by atoms with Crippen LogP contribution in [0.5, 0.6) is 0 Å². The zero-order chi connectivity index (χ0) is 38.6. The fourth-order valence-electron chi connectivity index (χ4n) is 9.78. The third kappa shape index (κ3) is 4.55. The number of hydrogen-bond donors (Lipinski definition) is 0. The van der Waals surface area contributed by atoms with Gasteiger partial charge in [-0.15, -0.1) is 0 Å². The predicted octanol–water partition coefficient (Wildman–Crippen LogP) is 13.7. The van der Waals surface area contributed by atoms with E-state index in [0.29, 0.717) is 5.95 Å². The van der Waals surface area contributed by atoms with Crippen molar-refractivity contribution in [2.45, 2.75) is 0 Å². The summed E-state index contributed by atoms with van der Waals surface area (Å²) in [5.74, 6) is 0.641. The second-order valence-corrected chi connectivity index (χ2v) is 15.4. The maximum absolute atomic E-state index is 5.62. The van der Waals surface area contributed by atoms with Gasteiger partial charge < -0.3 is 9.13 Å². The van der Waals surface area contributed by atoms with Crippen LogP contribution in [-0.4, -0.2) is 23.7 Å². The Hall–Kier alpha value is -8.02. The molecule has 4 heterocycles. The van der Waals surface area contributed by atoms with Gasteiger partial charge in [-0.2, -0.15) is 0 Å². The number of nitrogens with zero attached hydrogens (tertiary/aromatic N) is 5. The van der Waals surface area contributed by atoms with E-state index in [4.69, 9.17) is 9.97 Å². The molecule has 0 aliphatic carbocycles. The fraction of sp³-hybridized carbons (Fsp3) is 0. The molecule has 0 saturated carbocycles. The van der Waals surface area contributed by atoms with Gasteiger partial charge in [0.15, 0.2) is 0 Å². The minimum Gasteiger partial charge on any atom is -0.309 e. The van der Waals surface area contributed by atoms with Crippen LogP contribution in [-0.2, 0) is 0 Å². The van der Waals surface area contributed by atoms with Crippen molar-refractivity contribution in [1.82, 2.24) is 23.7 Å². The minimum absolute atomic E-state index is 0.641. The van der Waals surface area contributed by atoms with Gasteiger partial charge in [0.1, 0.15) is 0 Å². The first-order valence-corrected chi connectivity index (χ1v) is 20.1. The highest BCUT2D eigenvalue weighted by Gasteiger charge is 2.23. The maximum atomic E-state index is 5.62. The Balaban J connectivity index is 1.12. The van der Waals surface area contributed by atoms with Crippen LogP contribution in [0, 0.1) is 0 Å². The molecule has 0 saturated heterocycles. The highest BCUT2D eigenvalue weighted by molar-refractivity contribution is 6.22. The van der Waals surface area contributed by atoms with Crippen molar-refractivity contribution in [2.24, 2.45) is 0 Å². The van der Waals surface area contributed by atoms with E-state index in [0.717, 1.165) is 61.0 Å². The smallest absolute Gasteiger partial charge is 0.235 e. The summed E-state index contributed by atoms with van der Waals surface area (Å²) in [6, 6.07) is 71.8. The Labute approximate surface area is 338 Å². The van der Waals surface area contributed by atoms with Crippen molar-refractivity contribution in [1.29, 1.82) is 0 Å². The fourth-order valence-corrected chi connectivity index (χ4v) is 9.78. The molecule has 274 valence electrons. The molecule has 59 heavy (non-hydrogen) atoms. The average Bonchev–Trinajstić information content (AvgIpc) is 3.95. The lowest BCUT2D eigenvalue weighted by molar-refractivity contribution is 1.01. The Bertz CT molecular complexity index is 3800. The second kappa shape index (κ2) is 12.2. The molecule has 0 unspecified atom stereocenters. The number of para-hydroxylation sites is 5. The SMILES string of the molecule is c1ccc(-n2c3ccccc3c3c(-c4nc(-n5c6ccc(-n7c8ccccc8c8ccccc87)cc6c6c7ccccc7ccc65)nc5ccccc45)cccc32)cc1. The molecule has 5 heteroatoms. The van der Waals surface area contributed by atoms with Gasteiger partial charge in [-0.05, 0) is 77.5 Å². The molecule has 0 spiro atoms. The van der Waals surface area contributed by atoms with Crippen LogP contribution in [0.3, 0.4) is 0 Å². The van der Waals surface area contributed by atoms with Crippen molar-refractivity contribution in [2.75, 3.05) is 0 Å². The average molecular weight is 752 g/mol. The van der Waals surface area contributed by atoms with E-state index in [1.54, 1.807) is 0 Å². The molecule has 0 aliphatic heterocycles. The van der Waals surface area contributed by atoms with E-state index < -0.39 is 0 Å². The van der Waals surface area contributed by atoms with E-state index in [1.165, 1.54) is 48.7 Å². The van der Waals surface area contributed by atoms with E-state index >= 15 is 0 Å². The largest absolute Gasteiger partial charge is 0.309 e. The molecule has 0 radical (unpaired) electrons. The molecule has 9 aromatic carbocycles. The maximum Gasteiger partial charge on any atom is 0.235 e. The lowest BCUT2D eigenvalue weighted by atomic mass is 10.0. The van der Waals surface area contributed by atoms with Crippen molar-refractivity contribution in [3.8, 4) is 28.6 Å². The number of hydrogen-bond acceptors (Lipinski definition) is 2. The summed E-state index contributed by atoms with van der Waals surface area (Å²) in [7, 11) is 0. The van der Waals surface area contributed by atoms with Crippen molar-refractivity contribution >= 4 is 87.1 Å². The minimum atomic E-state index is 0.641. The highest BCUT2D eigenvalue weighted by Crippen LogP contribution is 2.42. The lowest BCUT2D eigenvalue weighted by Crippen LogP contribution is -2.04. The van der Waals surface area contributed by atoms with Gasteiger partial charge >= 0.3 is 0 Å². The molecule has 0 aliphatic rings. The molecule has 13 aromatic rings. The van der Waals surface area contributed by atoms with E-state index in [9.17, 15) is 0 Å². The summed E-state index contributed by atoms with van der Waals surface area (Å²) in [6.45, 7) is 0. The normalized spacial score (nSPS) is 12.1. The van der Waals surface area contributed by atoms with Crippen molar-refractivity contribution < 1.29 is 0 Å². The van der Waals surface area contributed by atoms with Crippen molar-refractivity contribution in [3.63, 3.8) is 0 Å². The van der Waals surface area contributed by atoms with Gasteiger partial charge in [0.05, 0.1) is 44.3 Å². The van der Waals surface area contributed by atoms with Gasteiger partial charge in [-0.3, -0.25) is 4.57 Å². The number of fused-ring (bicyclic) bond motifs is 12. The molecule has 4 aromatic heterocycles. The van der Waals surface area contributed by atoms with E-state index in [-0.39, 0.29) is 0 Å². The molecular weight excluding hydrogens is 719 g/mol. The van der Waals surface area contributed by atoms with Crippen molar-refractivity contribution in [3.05, 3.63) is 200 Å². The Morgan fingerprint density at radius 3 is 1.64 bits per heavy atom. The summed E-state index contributed by atoms with van der Waals surface area (Å²) < 4.78 is 7.04. The highest BCUT2D eigenvalue weighted by atomic mass is 15.2. The summed E-state index contributed by atoms with van der Waals surface area (Å²) in [5, 5.41) is 10.6. The van der Waals surface area contributed by atoms with E-state index in [2.05, 4.69) is 214 Å². The molecular formula is C54H33N5. The topological polar surface area (TPSA) is 40.6 Å². The van der Waals surface area contributed by atoms with Gasteiger partial charge in [-0.1, -0.05) is 133 Å². The first kappa shape index (κ1) is 32.1. The summed E-state index contributed by atoms with van der Waals surface area (Å²) in [5.41, 5.74) is 11.9. The molecule has 0 bridgehead atoms. The summed E-state index contributed by atoms with van der Waals surface area (Å²) >= 11 is 0. The second-order valence-electron chi connectivity index (χ2n) is 15.4. The van der Waals surface area contributed by atoms with Crippen LogP contribution in [0.4, 0.5) is 0 Å². The third-order valence-electron chi connectivity index (χ3n) is 12.2. The Kier molecular flexibility index (Phi) is 6.66. The zero-order valence-corrected chi connectivity index (χ0v) is 31.8. The zero-order valence-electron chi connectivity index (χ0n) is 31.8. The van der Waals surface area contributed by atoms with Crippen LogP contribution in [0.1, 0.15) is 0 Å². The van der Waals surface area contributed by atoms with Gasteiger partial charge in [0.25, 0.3) is 0 Å². The Morgan fingerprint density at radius 1 is 0.305 bits per heavy atom. The predicted molar refractivity (Wildman–Crippen MR) is 245 cm³/mol. The van der Waals surface area contributed by atoms with Crippen LogP contribution in [0.25, 0.3) is 116 Å². The number of rotatable bonds is 4. The summed E-state index contributed by atoms with van der Waals surface area (Å²) in [4.78, 5) is 11.0. The van der Waals surface area contributed by atoms with Gasteiger partial charge in [0, 0.05) is 54.6 Å². The molecule has 13 rings (SSSR count). The third-order valence-corrected chi connectivity index (χ3v) is 12.2. The van der Waals surface area contributed by atoms with Crippen LogP contribution < -0.4 is 0 Å². The van der Waals surface area contributed by atoms with Crippen LogP contribution >= 0.6 is 0 Å². The van der Waals surface area contributed by atoms with E-state index in [1.807, 2.05) is 0 Å². The quantitative estimate of drug-likeness (QED) is 0.180. The molecule has 0 fully saturated rings. The monoisotopic (exact) mass is 751 g/mol. The number of benzene rings is 9.